The van der Waals surface area contributed by atoms with Crippen molar-refractivity contribution in [2.45, 2.75) is 104 Å². The van der Waals surface area contributed by atoms with E-state index in [-0.39, 0.29) is 42.2 Å². The first-order valence-electron chi connectivity index (χ1n) is 12.4. The van der Waals surface area contributed by atoms with Crippen molar-refractivity contribution >= 4 is 0 Å². The number of fused-ring (bicyclic) bond motifs is 2. The Morgan fingerprint density at radius 1 is 0.906 bits per heavy atom. The second-order valence-corrected chi connectivity index (χ2v) is 11.0. The lowest BCUT2D eigenvalue weighted by Crippen LogP contribution is -2.58. The Hall–Kier alpha value is -0.980. The van der Waals surface area contributed by atoms with Crippen LogP contribution in [0, 0.1) is 23.7 Å². The van der Waals surface area contributed by atoms with Gasteiger partial charge in [-0.15, -0.1) is 0 Å². The van der Waals surface area contributed by atoms with E-state index < -0.39 is 11.6 Å². The average Bonchev–Trinajstić information content (AvgIpc) is 3.09. The number of hydrogen-bond acceptors (Lipinski definition) is 5. The average molecular weight is 447 g/mol. The summed E-state index contributed by atoms with van der Waals surface area (Å²) in [7, 11) is 0. The van der Waals surface area contributed by atoms with Gasteiger partial charge >= 0.3 is 0 Å². The molecule has 32 heavy (non-hydrogen) atoms. The summed E-state index contributed by atoms with van der Waals surface area (Å²) in [4.78, 5) is 0. The highest BCUT2D eigenvalue weighted by molar-refractivity contribution is 5.13. The van der Waals surface area contributed by atoms with Gasteiger partial charge in [-0.2, -0.15) is 0 Å². The molecule has 0 saturated carbocycles. The maximum atomic E-state index is 6.55. The smallest absolute Gasteiger partial charge is 0.166 e. The van der Waals surface area contributed by atoms with E-state index in [4.69, 9.17) is 23.7 Å². The molecule has 3 heterocycles. The first-order valence-corrected chi connectivity index (χ1v) is 12.4. The standard InChI is InChI=1S/C27H42O5/c1-17(15-28-16-21-11-9-8-10-12-21)23-19(3)25(31-26(5,6)30-23)20(4)24-18(2)22-13-14-27(7,29-22)32-24/h8-12,17-20,22-25H,13-16H2,1-7H3/t17-,18+,19+,20-,22-,23-,24+,25+,27-/m0/s1. The van der Waals surface area contributed by atoms with E-state index in [1.807, 2.05) is 32.0 Å². The molecule has 0 unspecified atom stereocenters. The summed E-state index contributed by atoms with van der Waals surface area (Å²) in [6, 6.07) is 10.3. The molecule has 4 rings (SSSR count). The second-order valence-electron chi connectivity index (χ2n) is 11.0. The lowest BCUT2D eigenvalue weighted by atomic mass is 9.77. The van der Waals surface area contributed by atoms with Crippen molar-refractivity contribution in [3.63, 3.8) is 0 Å². The molecule has 0 spiro atoms. The molecule has 1 aromatic rings. The Labute approximate surface area is 194 Å². The maximum Gasteiger partial charge on any atom is 0.166 e. The summed E-state index contributed by atoms with van der Waals surface area (Å²) in [5.74, 6) is 0.00383. The summed E-state index contributed by atoms with van der Waals surface area (Å²) in [6.07, 6.45) is 2.56. The van der Waals surface area contributed by atoms with Crippen molar-refractivity contribution in [1.82, 2.24) is 0 Å². The highest BCUT2D eigenvalue weighted by Gasteiger charge is 2.54. The molecule has 2 bridgehead atoms. The molecular weight excluding hydrogens is 404 g/mol. The summed E-state index contributed by atoms with van der Waals surface area (Å²) < 4.78 is 31.8. The van der Waals surface area contributed by atoms with Gasteiger partial charge in [-0.3, -0.25) is 0 Å². The largest absolute Gasteiger partial charge is 0.376 e. The zero-order chi connectivity index (χ0) is 23.1. The van der Waals surface area contributed by atoms with Crippen LogP contribution in [0.1, 0.15) is 66.9 Å². The predicted molar refractivity (Wildman–Crippen MR) is 124 cm³/mol. The molecule has 180 valence electrons. The number of hydrogen-bond donors (Lipinski definition) is 0. The van der Waals surface area contributed by atoms with Crippen molar-refractivity contribution in [3.05, 3.63) is 35.9 Å². The number of benzene rings is 1. The van der Waals surface area contributed by atoms with E-state index in [1.54, 1.807) is 0 Å². The van der Waals surface area contributed by atoms with Crippen molar-refractivity contribution < 1.29 is 23.7 Å². The van der Waals surface area contributed by atoms with Gasteiger partial charge in [0.05, 0.1) is 37.6 Å². The zero-order valence-corrected chi connectivity index (χ0v) is 20.9. The van der Waals surface area contributed by atoms with Crippen molar-refractivity contribution in [3.8, 4) is 0 Å². The van der Waals surface area contributed by atoms with Crippen LogP contribution in [0.15, 0.2) is 30.3 Å². The lowest BCUT2D eigenvalue weighted by Gasteiger charge is -2.52. The molecular formula is C27H42O5. The maximum absolute atomic E-state index is 6.55. The van der Waals surface area contributed by atoms with E-state index >= 15 is 0 Å². The Balaban J connectivity index is 1.42. The third kappa shape index (κ3) is 5.07. The molecule has 0 amide bonds. The molecule has 0 radical (unpaired) electrons. The van der Waals surface area contributed by atoms with Crippen LogP contribution in [0.3, 0.4) is 0 Å². The minimum Gasteiger partial charge on any atom is -0.376 e. The predicted octanol–water partition coefficient (Wildman–Crippen LogP) is 5.56. The van der Waals surface area contributed by atoms with Crippen molar-refractivity contribution in [2.24, 2.45) is 23.7 Å². The normalized spacial score (nSPS) is 40.7. The molecule has 3 fully saturated rings. The van der Waals surface area contributed by atoms with Crippen molar-refractivity contribution in [1.29, 1.82) is 0 Å². The highest BCUT2D eigenvalue weighted by Crippen LogP contribution is 2.47. The van der Waals surface area contributed by atoms with Gasteiger partial charge in [-0.05, 0) is 32.8 Å². The van der Waals surface area contributed by atoms with Gasteiger partial charge in [-0.25, -0.2) is 0 Å². The van der Waals surface area contributed by atoms with E-state index in [0.717, 1.165) is 12.8 Å². The van der Waals surface area contributed by atoms with Gasteiger partial charge in [0.15, 0.2) is 11.6 Å². The van der Waals surface area contributed by atoms with Crippen LogP contribution in [0.5, 0.6) is 0 Å². The van der Waals surface area contributed by atoms with Crippen LogP contribution < -0.4 is 0 Å². The minimum atomic E-state index is -0.638. The first-order chi connectivity index (χ1) is 15.1. The molecule has 3 saturated heterocycles. The molecule has 9 atom stereocenters. The topological polar surface area (TPSA) is 46.2 Å². The third-order valence-corrected chi connectivity index (χ3v) is 7.74. The van der Waals surface area contributed by atoms with Crippen LogP contribution in [-0.2, 0) is 30.3 Å². The van der Waals surface area contributed by atoms with Crippen LogP contribution in [0.2, 0.25) is 0 Å². The monoisotopic (exact) mass is 446 g/mol. The molecule has 0 aromatic heterocycles. The van der Waals surface area contributed by atoms with Gasteiger partial charge in [0.1, 0.15) is 0 Å². The summed E-state index contributed by atoms with van der Waals surface area (Å²) in [6.45, 7) is 16.5. The molecule has 0 N–H and O–H groups in total. The molecule has 3 aliphatic rings. The SMILES string of the molecule is C[C@H]([C@@H]1OC(C)(C)O[C@@H]([C@@H](C)COCc2ccccc2)[C@H]1C)[C@@H]1O[C@@]2(C)CC[C@H](O2)[C@H]1C. The quantitative estimate of drug-likeness (QED) is 0.549. The Morgan fingerprint density at radius 2 is 1.56 bits per heavy atom. The highest BCUT2D eigenvalue weighted by atomic mass is 16.7. The van der Waals surface area contributed by atoms with E-state index in [2.05, 4.69) is 46.8 Å². The van der Waals surface area contributed by atoms with Crippen molar-refractivity contribution in [2.75, 3.05) is 6.61 Å². The fourth-order valence-electron chi connectivity index (χ4n) is 6.02. The van der Waals surface area contributed by atoms with Gasteiger partial charge in [0.2, 0.25) is 0 Å². The molecule has 0 aliphatic carbocycles. The fraction of sp³-hybridized carbons (Fsp3) is 0.778. The lowest BCUT2D eigenvalue weighted by molar-refractivity contribution is -0.355. The number of rotatable bonds is 7. The Bertz CT molecular complexity index is 752. The van der Waals surface area contributed by atoms with Crippen LogP contribution >= 0.6 is 0 Å². The fourth-order valence-corrected chi connectivity index (χ4v) is 6.02. The van der Waals surface area contributed by atoms with Crippen LogP contribution in [-0.4, -0.2) is 42.6 Å². The van der Waals surface area contributed by atoms with Crippen LogP contribution in [0.4, 0.5) is 0 Å². The third-order valence-electron chi connectivity index (χ3n) is 7.74. The van der Waals surface area contributed by atoms with Crippen LogP contribution in [0.25, 0.3) is 0 Å². The Kier molecular flexibility index (Phi) is 7.05. The zero-order valence-electron chi connectivity index (χ0n) is 20.9. The van der Waals surface area contributed by atoms with E-state index in [0.29, 0.717) is 19.1 Å². The number of ether oxygens (including phenoxy) is 5. The van der Waals surface area contributed by atoms with E-state index in [9.17, 15) is 0 Å². The van der Waals surface area contributed by atoms with E-state index in [1.165, 1.54) is 5.56 Å². The van der Waals surface area contributed by atoms with Gasteiger partial charge in [0.25, 0.3) is 0 Å². The Morgan fingerprint density at radius 3 is 2.28 bits per heavy atom. The molecule has 1 aromatic carbocycles. The van der Waals surface area contributed by atoms with Gasteiger partial charge in [0, 0.05) is 30.1 Å². The van der Waals surface area contributed by atoms with Gasteiger partial charge in [-0.1, -0.05) is 58.0 Å². The summed E-state index contributed by atoms with van der Waals surface area (Å²) in [5, 5.41) is 0. The second kappa shape index (κ2) is 9.34. The first kappa shape index (κ1) is 24.2. The molecule has 5 nitrogen and oxygen atoms in total. The molecule has 3 aliphatic heterocycles. The summed E-state index contributed by atoms with van der Waals surface area (Å²) >= 11 is 0. The summed E-state index contributed by atoms with van der Waals surface area (Å²) in [5.41, 5.74) is 1.20. The minimum absolute atomic E-state index is 0.0499. The van der Waals surface area contributed by atoms with Gasteiger partial charge < -0.3 is 23.7 Å². The molecule has 5 heteroatoms.